The molecule has 0 radical (unpaired) electrons. The van der Waals surface area contributed by atoms with Gasteiger partial charge in [0.05, 0.1) is 12.2 Å². The normalized spacial score (nSPS) is 27.0. The number of esters is 1. The Bertz CT molecular complexity index is 1150. The summed E-state index contributed by atoms with van der Waals surface area (Å²) in [5, 5.41) is 10.4. The van der Waals surface area contributed by atoms with Gasteiger partial charge in [0.15, 0.2) is 6.10 Å². The second-order valence-corrected chi connectivity index (χ2v) is 10.9. The van der Waals surface area contributed by atoms with Crippen molar-refractivity contribution in [3.05, 3.63) is 32.6 Å². The first-order valence-electron chi connectivity index (χ1n) is 8.50. The number of carbonyl (C=O) groups excluding carboxylic acids is 1. The summed E-state index contributed by atoms with van der Waals surface area (Å²) in [6.07, 6.45) is -5.35. The molecule has 1 fully saturated rings. The number of phosphoric acid groups is 3. The minimum Gasteiger partial charge on any atom is -0.457 e. The topological polar surface area (TPSA) is 270 Å². The number of aromatic nitrogens is 2. The average molecular weight is 540 g/mol. The predicted molar refractivity (Wildman–Crippen MR) is 101 cm³/mol. The number of ether oxygens (including phenoxy) is 2. The Morgan fingerprint density at radius 1 is 1.15 bits per heavy atom. The second-order valence-electron chi connectivity index (χ2n) is 6.50. The van der Waals surface area contributed by atoms with Gasteiger partial charge in [-0.05, 0) is 0 Å². The van der Waals surface area contributed by atoms with Gasteiger partial charge >= 0.3 is 35.1 Å². The third kappa shape index (κ3) is 7.75. The van der Waals surface area contributed by atoms with Crippen LogP contribution in [-0.2, 0) is 48.2 Å². The number of aromatic amines is 1. The molecule has 1 aliphatic rings. The van der Waals surface area contributed by atoms with Crippen molar-refractivity contribution >= 4 is 29.4 Å². The fourth-order valence-corrected chi connectivity index (χ4v) is 5.74. The first-order valence-corrected chi connectivity index (χ1v) is 13.0. The van der Waals surface area contributed by atoms with Gasteiger partial charge in [0, 0.05) is 20.2 Å². The van der Waals surface area contributed by atoms with E-state index < -0.39 is 71.7 Å². The summed E-state index contributed by atoms with van der Waals surface area (Å²) < 4.78 is 56.7. The van der Waals surface area contributed by atoms with E-state index in [1.54, 1.807) is 0 Å². The summed E-state index contributed by atoms with van der Waals surface area (Å²) in [6.45, 7) is -0.0864. The van der Waals surface area contributed by atoms with Gasteiger partial charge in [-0.1, -0.05) is 0 Å². The van der Waals surface area contributed by atoms with Crippen LogP contribution >= 0.6 is 23.5 Å². The molecule has 0 amide bonds. The maximum absolute atomic E-state index is 12.2. The lowest BCUT2D eigenvalue weighted by molar-refractivity contribution is -0.153. The summed E-state index contributed by atoms with van der Waals surface area (Å²) in [5.41, 5.74) is -1.99. The lowest BCUT2D eigenvalue weighted by atomic mass is 10.0. The molecule has 2 heterocycles. The first kappa shape index (κ1) is 27.7. The van der Waals surface area contributed by atoms with E-state index in [4.69, 9.17) is 24.2 Å². The Balaban J connectivity index is 2.22. The highest BCUT2D eigenvalue weighted by Crippen LogP contribution is 2.66. The van der Waals surface area contributed by atoms with E-state index >= 15 is 0 Å². The van der Waals surface area contributed by atoms with E-state index in [1.165, 1.54) is 7.05 Å². The van der Waals surface area contributed by atoms with E-state index in [9.17, 15) is 38.1 Å². The van der Waals surface area contributed by atoms with Crippen LogP contribution in [0.3, 0.4) is 0 Å². The highest BCUT2D eigenvalue weighted by atomic mass is 31.3. The van der Waals surface area contributed by atoms with Crippen molar-refractivity contribution in [3.63, 3.8) is 0 Å². The summed E-state index contributed by atoms with van der Waals surface area (Å²) in [6, 6.07) is 0. The molecule has 2 rings (SSSR count). The zero-order valence-electron chi connectivity index (χ0n) is 16.6. The van der Waals surface area contributed by atoms with Crippen molar-refractivity contribution in [1.29, 1.82) is 0 Å². The smallest absolute Gasteiger partial charge is 0.457 e. The van der Waals surface area contributed by atoms with Crippen molar-refractivity contribution in [2.24, 2.45) is 7.05 Å². The number of aliphatic hydroxyl groups excluding tert-OH is 1. The van der Waals surface area contributed by atoms with Gasteiger partial charge in [0.1, 0.15) is 18.3 Å². The van der Waals surface area contributed by atoms with Crippen LogP contribution < -0.4 is 11.2 Å². The molecule has 1 saturated heterocycles. The predicted octanol–water partition coefficient (Wildman–Crippen LogP) is -1.85. The molecule has 1 aliphatic heterocycles. The van der Waals surface area contributed by atoms with E-state index in [1.807, 2.05) is 4.98 Å². The van der Waals surface area contributed by atoms with Crippen molar-refractivity contribution in [1.82, 2.24) is 9.55 Å². The molecule has 0 saturated carbocycles. The molecule has 18 nitrogen and oxygen atoms in total. The summed E-state index contributed by atoms with van der Waals surface area (Å²) in [7, 11) is -15.6. The van der Waals surface area contributed by atoms with Crippen LogP contribution in [0.5, 0.6) is 0 Å². The maximum Gasteiger partial charge on any atom is 0.490 e. The summed E-state index contributed by atoms with van der Waals surface area (Å²) in [5.74, 6) is -0.901. The van der Waals surface area contributed by atoms with Crippen molar-refractivity contribution in [2.75, 3.05) is 6.61 Å². The van der Waals surface area contributed by atoms with Gasteiger partial charge in [-0.15, -0.1) is 0 Å². The highest BCUT2D eigenvalue weighted by molar-refractivity contribution is 7.66. The summed E-state index contributed by atoms with van der Waals surface area (Å²) >= 11 is 0. The number of nitrogens with zero attached hydrogens (tertiary/aromatic N) is 1. The van der Waals surface area contributed by atoms with Crippen LogP contribution in [0, 0.1) is 0 Å². The zero-order valence-corrected chi connectivity index (χ0v) is 19.3. The molecule has 6 atom stereocenters. The Hall–Kier alpha value is -1.52. The van der Waals surface area contributed by atoms with Crippen LogP contribution in [0.2, 0.25) is 0 Å². The third-order valence-electron chi connectivity index (χ3n) is 3.90. The number of aryl methyl sites for hydroxylation is 1. The fraction of sp³-hybridized carbons (Fsp3) is 0.583. The Morgan fingerprint density at radius 2 is 1.76 bits per heavy atom. The molecular formula is C12H19N2O16P3. The van der Waals surface area contributed by atoms with Crippen LogP contribution in [0.4, 0.5) is 0 Å². The van der Waals surface area contributed by atoms with E-state index in [0.717, 1.165) is 17.7 Å². The number of carbonyl (C=O) groups is 1. The van der Waals surface area contributed by atoms with Gasteiger partial charge < -0.3 is 38.7 Å². The minimum absolute atomic E-state index is 0.261. The summed E-state index contributed by atoms with van der Waals surface area (Å²) in [4.78, 5) is 72.8. The number of H-pyrrole nitrogens is 1. The molecule has 0 spiro atoms. The van der Waals surface area contributed by atoms with Gasteiger partial charge in [-0.25, -0.2) is 18.5 Å². The number of hydrogen-bond acceptors (Lipinski definition) is 12. The number of hydrogen-bond donors (Lipinski definition) is 6. The molecule has 21 heteroatoms. The van der Waals surface area contributed by atoms with Gasteiger partial charge in [-0.3, -0.25) is 19.1 Å². The fourth-order valence-electron chi connectivity index (χ4n) is 2.71. The SMILES string of the molecule is CC(=O)OC1C(c2cn(C)c(=O)[nH]c2=O)OC(COP(=O)(O)OP(=O)(O)OP(=O)(O)O)C1O. The van der Waals surface area contributed by atoms with E-state index in [-0.39, 0.29) is 5.56 Å². The molecule has 1 aromatic heterocycles. The van der Waals surface area contributed by atoms with Crippen molar-refractivity contribution in [3.8, 4) is 0 Å². The molecule has 1 aromatic rings. The first-order chi connectivity index (χ1) is 14.9. The lowest BCUT2D eigenvalue weighted by Gasteiger charge is -2.20. The molecule has 33 heavy (non-hydrogen) atoms. The standard InChI is InChI=1S/C12H19N2O16P3/c1-5(15)27-10-8(16)7(28-9(10)6-3-14(2)12(18)13-11(6)17)4-26-32(22,23)30-33(24,25)29-31(19,20)21/h3,7-10,16H,4H2,1-2H3,(H,22,23)(H,24,25)(H,13,17,18)(H2,19,20,21). The Morgan fingerprint density at radius 3 is 2.30 bits per heavy atom. The second kappa shape index (κ2) is 10.00. The third-order valence-corrected chi connectivity index (χ3v) is 7.70. The van der Waals surface area contributed by atoms with Gasteiger partial charge in [0.25, 0.3) is 5.56 Å². The minimum atomic E-state index is -5.77. The maximum atomic E-state index is 12.2. The van der Waals surface area contributed by atoms with Crippen molar-refractivity contribution < 1.29 is 65.8 Å². The van der Waals surface area contributed by atoms with E-state index in [0.29, 0.717) is 0 Å². The molecule has 0 aromatic carbocycles. The number of nitrogens with one attached hydrogen (secondary N) is 1. The molecular weight excluding hydrogens is 521 g/mol. The lowest BCUT2D eigenvalue weighted by Crippen LogP contribution is -2.38. The Kier molecular flexibility index (Phi) is 8.40. The van der Waals surface area contributed by atoms with Crippen LogP contribution in [0.25, 0.3) is 0 Å². The van der Waals surface area contributed by atoms with Crippen molar-refractivity contribution in [2.45, 2.75) is 31.3 Å². The molecule has 0 aliphatic carbocycles. The van der Waals surface area contributed by atoms with Gasteiger partial charge in [0.2, 0.25) is 0 Å². The highest BCUT2D eigenvalue weighted by Gasteiger charge is 2.49. The zero-order chi connectivity index (χ0) is 25.4. The van der Waals surface area contributed by atoms with E-state index in [2.05, 4.69) is 13.1 Å². The number of aliphatic hydroxyl groups is 1. The van der Waals surface area contributed by atoms with Gasteiger partial charge in [-0.2, -0.15) is 8.62 Å². The number of rotatable bonds is 9. The molecule has 188 valence electrons. The average Bonchev–Trinajstić information content (AvgIpc) is 2.89. The molecule has 0 bridgehead atoms. The number of phosphoric ester groups is 1. The quantitative estimate of drug-likeness (QED) is 0.148. The molecule has 6 unspecified atom stereocenters. The largest absolute Gasteiger partial charge is 0.490 e. The van der Waals surface area contributed by atoms with Crippen LogP contribution in [-0.4, -0.2) is 65.1 Å². The van der Waals surface area contributed by atoms with Crippen LogP contribution in [0.1, 0.15) is 18.6 Å². The Labute approximate surface area is 183 Å². The monoisotopic (exact) mass is 540 g/mol. The molecule has 6 N–H and O–H groups in total. The van der Waals surface area contributed by atoms with Crippen LogP contribution in [0.15, 0.2) is 15.8 Å².